The molecular weight excluding hydrogens is 282 g/mol. The minimum atomic E-state index is -0.188. The predicted octanol–water partition coefficient (Wildman–Crippen LogP) is 4.89. The first-order valence-electron chi connectivity index (χ1n) is 7.31. The van der Waals surface area contributed by atoms with E-state index in [0.29, 0.717) is 11.5 Å². The number of aromatic nitrogens is 2. The fourth-order valence-corrected chi connectivity index (χ4v) is 2.48. The highest BCUT2D eigenvalue weighted by molar-refractivity contribution is 6.20. The summed E-state index contributed by atoms with van der Waals surface area (Å²) in [6.07, 6.45) is 0. The van der Waals surface area contributed by atoms with E-state index < -0.39 is 0 Å². The van der Waals surface area contributed by atoms with Crippen LogP contribution in [0.25, 0.3) is 11.0 Å². The quantitative estimate of drug-likeness (QED) is 0.755. The van der Waals surface area contributed by atoms with Crippen molar-refractivity contribution < 1.29 is 0 Å². The van der Waals surface area contributed by atoms with Crippen molar-refractivity contribution in [2.45, 2.75) is 46.5 Å². The molecule has 0 radical (unpaired) electrons. The number of fused-ring (bicyclic) bond motifs is 1. The number of nitrogens with zero attached hydrogens (tertiary/aromatic N) is 3. The van der Waals surface area contributed by atoms with Crippen LogP contribution in [0.15, 0.2) is 18.2 Å². The molecule has 0 fully saturated rings. The fourth-order valence-electron chi connectivity index (χ4n) is 2.32. The molecule has 0 saturated heterocycles. The lowest BCUT2D eigenvalue weighted by molar-refractivity contribution is 0.210. The summed E-state index contributed by atoms with van der Waals surface area (Å²) >= 11 is 6.32. The summed E-state index contributed by atoms with van der Waals surface area (Å²) in [4.78, 5) is 4.63. The number of benzene rings is 1. The van der Waals surface area contributed by atoms with Gasteiger partial charge >= 0.3 is 0 Å². The van der Waals surface area contributed by atoms with E-state index in [1.165, 1.54) is 0 Å². The molecular formula is C17H22ClN3. The summed E-state index contributed by atoms with van der Waals surface area (Å²) in [5.74, 6) is 1.37. The van der Waals surface area contributed by atoms with Crippen molar-refractivity contribution in [1.29, 1.82) is 5.26 Å². The van der Waals surface area contributed by atoms with E-state index in [1.807, 2.05) is 19.1 Å². The summed E-state index contributed by atoms with van der Waals surface area (Å²) in [6, 6.07) is 7.94. The Morgan fingerprint density at radius 3 is 2.52 bits per heavy atom. The molecule has 0 aliphatic rings. The van der Waals surface area contributed by atoms with Crippen LogP contribution in [0.5, 0.6) is 0 Å². The van der Waals surface area contributed by atoms with Gasteiger partial charge in [-0.05, 0) is 30.4 Å². The minimum Gasteiger partial charge on any atom is -0.326 e. The molecule has 112 valence electrons. The Labute approximate surface area is 131 Å². The van der Waals surface area contributed by atoms with Gasteiger partial charge in [-0.15, -0.1) is 11.6 Å². The lowest BCUT2D eigenvalue weighted by Gasteiger charge is -2.31. The zero-order valence-electron chi connectivity index (χ0n) is 13.3. The molecule has 0 N–H and O–H groups in total. The largest absolute Gasteiger partial charge is 0.326 e. The van der Waals surface area contributed by atoms with Crippen LogP contribution < -0.4 is 0 Å². The highest BCUT2D eigenvalue weighted by atomic mass is 35.5. The monoisotopic (exact) mass is 303 g/mol. The third-order valence-electron chi connectivity index (χ3n) is 4.41. The molecule has 3 nitrogen and oxygen atoms in total. The second-order valence-electron chi connectivity index (χ2n) is 6.60. The molecule has 1 aromatic carbocycles. The summed E-state index contributed by atoms with van der Waals surface area (Å²) < 4.78 is 2.17. The molecule has 1 atom stereocenters. The summed E-state index contributed by atoms with van der Waals surface area (Å²) in [7, 11) is 0. The van der Waals surface area contributed by atoms with Crippen LogP contribution >= 0.6 is 11.6 Å². The van der Waals surface area contributed by atoms with E-state index in [-0.39, 0.29) is 10.8 Å². The normalized spacial score (nSPS) is 13.6. The number of hydrogen-bond acceptors (Lipinski definition) is 2. The van der Waals surface area contributed by atoms with Crippen LogP contribution in [0.4, 0.5) is 0 Å². The van der Waals surface area contributed by atoms with Gasteiger partial charge < -0.3 is 4.57 Å². The minimum absolute atomic E-state index is 0.122. The van der Waals surface area contributed by atoms with Gasteiger partial charge in [-0.3, -0.25) is 0 Å². The van der Waals surface area contributed by atoms with Crippen LogP contribution in [-0.2, 0) is 6.54 Å². The Hall–Kier alpha value is -1.53. The number of rotatable bonds is 4. The number of nitriles is 1. The van der Waals surface area contributed by atoms with Crippen molar-refractivity contribution in [1.82, 2.24) is 9.55 Å². The second-order valence-corrected chi connectivity index (χ2v) is 7.26. The van der Waals surface area contributed by atoms with Gasteiger partial charge in [0.05, 0.1) is 16.5 Å². The Morgan fingerprint density at radius 2 is 2.00 bits per heavy atom. The third-order valence-corrected chi connectivity index (χ3v) is 4.61. The van der Waals surface area contributed by atoms with Crippen LogP contribution in [-0.4, -0.2) is 9.55 Å². The maximum Gasteiger partial charge on any atom is 0.127 e. The molecule has 21 heavy (non-hydrogen) atoms. The smallest absolute Gasteiger partial charge is 0.127 e. The zero-order valence-corrected chi connectivity index (χ0v) is 14.1. The third kappa shape index (κ3) is 2.91. The topological polar surface area (TPSA) is 41.6 Å². The van der Waals surface area contributed by atoms with Crippen LogP contribution in [0.1, 0.15) is 51.4 Å². The van der Waals surface area contributed by atoms with Gasteiger partial charge in [-0.1, -0.05) is 33.8 Å². The lowest BCUT2D eigenvalue weighted by Crippen LogP contribution is -2.26. The van der Waals surface area contributed by atoms with Gasteiger partial charge in [0.2, 0.25) is 0 Å². The van der Waals surface area contributed by atoms with E-state index in [1.54, 1.807) is 6.07 Å². The molecule has 1 heterocycles. The highest BCUT2D eigenvalue weighted by Crippen LogP contribution is 2.33. The van der Waals surface area contributed by atoms with Crippen molar-refractivity contribution in [2.75, 3.05) is 0 Å². The molecule has 2 aromatic rings. The predicted molar refractivity (Wildman–Crippen MR) is 87.3 cm³/mol. The van der Waals surface area contributed by atoms with E-state index >= 15 is 0 Å². The Kier molecular flexibility index (Phi) is 4.30. The first kappa shape index (κ1) is 15.9. The zero-order chi connectivity index (χ0) is 15.8. The number of hydrogen-bond donors (Lipinski definition) is 0. The molecule has 0 spiro atoms. The summed E-state index contributed by atoms with van der Waals surface area (Å²) in [5, 5.41) is 9.07. The first-order chi connectivity index (χ1) is 9.77. The molecule has 0 aliphatic carbocycles. The Morgan fingerprint density at radius 1 is 1.33 bits per heavy atom. The van der Waals surface area contributed by atoms with Gasteiger partial charge in [0.15, 0.2) is 0 Å². The van der Waals surface area contributed by atoms with E-state index in [9.17, 15) is 5.26 Å². The molecule has 1 aromatic heterocycles. The van der Waals surface area contributed by atoms with Crippen molar-refractivity contribution in [2.24, 2.45) is 11.3 Å². The lowest BCUT2D eigenvalue weighted by atomic mass is 9.81. The molecule has 0 bridgehead atoms. The first-order valence-corrected chi connectivity index (χ1v) is 7.75. The second kappa shape index (κ2) is 5.69. The highest BCUT2D eigenvalue weighted by Gasteiger charge is 2.26. The summed E-state index contributed by atoms with van der Waals surface area (Å²) in [5.41, 5.74) is 2.47. The average Bonchev–Trinajstić information content (AvgIpc) is 2.77. The van der Waals surface area contributed by atoms with E-state index in [0.717, 1.165) is 23.4 Å². The summed E-state index contributed by atoms with van der Waals surface area (Å²) in [6.45, 7) is 11.7. The van der Waals surface area contributed by atoms with Crippen LogP contribution in [0, 0.1) is 22.7 Å². The van der Waals surface area contributed by atoms with Crippen molar-refractivity contribution in [3.8, 4) is 6.07 Å². The van der Waals surface area contributed by atoms with Gasteiger partial charge in [0.1, 0.15) is 17.4 Å². The van der Waals surface area contributed by atoms with Crippen molar-refractivity contribution >= 4 is 22.6 Å². The maximum absolute atomic E-state index is 9.26. The molecule has 0 saturated carbocycles. The number of imidazole rings is 1. The molecule has 4 heteroatoms. The van der Waals surface area contributed by atoms with Gasteiger partial charge in [-0.2, -0.15) is 5.26 Å². The maximum atomic E-state index is 9.26. The van der Waals surface area contributed by atoms with Crippen LogP contribution in [0.2, 0.25) is 0 Å². The Balaban J connectivity index is 2.66. The molecule has 1 unspecified atom stereocenters. The fraction of sp³-hybridized carbons (Fsp3) is 0.529. The van der Waals surface area contributed by atoms with Gasteiger partial charge in [-0.25, -0.2) is 4.98 Å². The van der Waals surface area contributed by atoms with Crippen molar-refractivity contribution in [3.63, 3.8) is 0 Å². The van der Waals surface area contributed by atoms with Gasteiger partial charge in [0.25, 0.3) is 0 Å². The van der Waals surface area contributed by atoms with Crippen molar-refractivity contribution in [3.05, 3.63) is 29.6 Å². The molecule has 0 aliphatic heterocycles. The number of para-hydroxylation sites is 1. The average molecular weight is 304 g/mol. The van der Waals surface area contributed by atoms with Crippen LogP contribution in [0.3, 0.4) is 0 Å². The standard InChI is InChI=1S/C17H22ClN3/c1-11(2)17(4,5)10-21-14-8-6-7-13(9-19)15(14)20-16(21)12(3)18/h6-8,11-12H,10H2,1-5H3. The van der Waals surface area contributed by atoms with Gasteiger partial charge in [0, 0.05) is 6.54 Å². The van der Waals surface area contributed by atoms with E-state index in [2.05, 4.69) is 43.3 Å². The molecule has 0 amide bonds. The number of alkyl halides is 1. The molecule has 2 rings (SSSR count). The SMILES string of the molecule is CC(Cl)c1nc2c(C#N)cccc2n1CC(C)(C)C(C)C. The number of halogens is 1. The van der Waals surface area contributed by atoms with E-state index in [4.69, 9.17) is 11.6 Å². The Bertz CT molecular complexity index is 690.